The van der Waals surface area contributed by atoms with Crippen molar-refractivity contribution in [2.75, 3.05) is 11.6 Å². The maximum Gasteiger partial charge on any atom is 0.416 e. The predicted molar refractivity (Wildman–Crippen MR) is 127 cm³/mol. The first-order valence-corrected chi connectivity index (χ1v) is 11.7. The van der Waals surface area contributed by atoms with Crippen molar-refractivity contribution < 1.29 is 22.4 Å². The van der Waals surface area contributed by atoms with Gasteiger partial charge in [0.25, 0.3) is 0 Å². The molecule has 0 atom stereocenters. The minimum Gasteiger partial charge on any atom is -0.382 e. The zero-order valence-electron chi connectivity index (χ0n) is 18.5. The highest BCUT2D eigenvalue weighted by atomic mass is 32.2. The van der Waals surface area contributed by atoms with Gasteiger partial charge in [-0.05, 0) is 55.0 Å². The Morgan fingerprint density at radius 2 is 1.89 bits per heavy atom. The lowest BCUT2D eigenvalue weighted by atomic mass is 9.92. The van der Waals surface area contributed by atoms with Gasteiger partial charge < -0.3 is 16.9 Å². The molecule has 1 aliphatic carbocycles. The molecule has 1 heterocycles. The van der Waals surface area contributed by atoms with Gasteiger partial charge in [-0.25, -0.2) is 9.37 Å². The van der Waals surface area contributed by atoms with Crippen LogP contribution in [0, 0.1) is 5.82 Å². The molecule has 0 unspecified atom stereocenters. The number of carbonyl (C=O) groups excluding carboxylic acids is 1. The van der Waals surface area contributed by atoms with E-state index in [0.717, 1.165) is 22.7 Å². The van der Waals surface area contributed by atoms with Crippen LogP contribution in [0.2, 0.25) is 0 Å². The number of rotatable bonds is 6. The van der Waals surface area contributed by atoms with Crippen LogP contribution in [-0.2, 0) is 16.4 Å². The number of carbonyl (C=O) groups is 1. The number of hydrogen-bond acceptors (Lipinski definition) is 5. The summed E-state index contributed by atoms with van der Waals surface area (Å²) in [5, 5.41) is 7.13. The molecule has 0 aliphatic heterocycles. The van der Waals surface area contributed by atoms with Crippen LogP contribution in [-0.4, -0.2) is 23.0 Å². The number of amides is 1. The van der Waals surface area contributed by atoms with Crippen LogP contribution in [0.5, 0.6) is 0 Å². The Labute approximate surface area is 202 Å². The second-order valence-electron chi connectivity index (χ2n) is 8.09. The number of aromatic nitrogens is 1. The average molecular weight is 504 g/mol. The monoisotopic (exact) mass is 503 g/mol. The summed E-state index contributed by atoms with van der Waals surface area (Å²) in [5.41, 5.74) is 5.83. The highest BCUT2D eigenvalue weighted by molar-refractivity contribution is 7.98. The van der Waals surface area contributed by atoms with Gasteiger partial charge in [0, 0.05) is 28.6 Å². The second kappa shape index (κ2) is 9.21. The van der Waals surface area contributed by atoms with Gasteiger partial charge in [0.05, 0.1) is 16.0 Å². The van der Waals surface area contributed by atoms with Crippen molar-refractivity contribution in [3.63, 3.8) is 0 Å². The van der Waals surface area contributed by atoms with E-state index >= 15 is 0 Å². The van der Waals surface area contributed by atoms with Crippen LogP contribution in [0.15, 0.2) is 64.9 Å². The van der Waals surface area contributed by atoms with Crippen molar-refractivity contribution >= 4 is 29.2 Å². The van der Waals surface area contributed by atoms with Crippen LogP contribution in [0.1, 0.15) is 29.5 Å². The summed E-state index contributed by atoms with van der Waals surface area (Å²) in [6.07, 6.45) is -0.462. The number of nitrogens with zero attached hydrogens (tertiary/aromatic N) is 2. The molecule has 6 nitrogen and oxygen atoms in total. The number of anilines is 1. The highest BCUT2D eigenvalue weighted by Crippen LogP contribution is 2.50. The van der Waals surface area contributed by atoms with Crippen molar-refractivity contribution in [2.24, 2.45) is 16.7 Å². The fourth-order valence-corrected chi connectivity index (χ4v) is 4.25. The molecule has 2 aromatic carbocycles. The number of pyridine rings is 1. The van der Waals surface area contributed by atoms with Crippen LogP contribution in [0.3, 0.4) is 0 Å². The Morgan fingerprint density at radius 1 is 1.14 bits per heavy atom. The van der Waals surface area contributed by atoms with Gasteiger partial charge in [-0.2, -0.15) is 18.3 Å². The fraction of sp³-hybridized carbons (Fsp3) is 0.208. The van der Waals surface area contributed by atoms with E-state index in [1.165, 1.54) is 11.8 Å². The summed E-state index contributed by atoms with van der Waals surface area (Å²) in [4.78, 5) is 17.5. The number of hydrogen-bond donors (Lipinski definition) is 3. The summed E-state index contributed by atoms with van der Waals surface area (Å²) >= 11 is 1.50. The third-order valence-electron chi connectivity index (χ3n) is 5.95. The summed E-state index contributed by atoms with van der Waals surface area (Å²) in [6, 6.07) is 10.9. The van der Waals surface area contributed by atoms with Gasteiger partial charge in [0.2, 0.25) is 5.91 Å². The molecule has 5 N–H and O–H groups in total. The zero-order valence-corrected chi connectivity index (χ0v) is 19.3. The second-order valence-corrected chi connectivity index (χ2v) is 8.92. The standard InChI is InChI=1S/C24H21F4N5OS/c1-35-20-7-2-13(12-31-20)16-5-4-15(11-17(16)21(29)33-30)32-22(34)23(8-9-23)18-6-3-14(10-19(18)25)24(26,27)28/h2-7,10-12H,8-9,30H2,1H3,(H2,29,33)(H,32,34). The molecule has 0 spiro atoms. The number of thioether (sulfide) groups is 1. The first-order chi connectivity index (χ1) is 16.6. The lowest BCUT2D eigenvalue weighted by molar-refractivity contribution is -0.137. The van der Waals surface area contributed by atoms with E-state index in [1.54, 1.807) is 24.4 Å². The van der Waals surface area contributed by atoms with Gasteiger partial charge in [0.15, 0.2) is 5.84 Å². The molecule has 1 amide bonds. The average Bonchev–Trinajstić information content (AvgIpc) is 3.65. The van der Waals surface area contributed by atoms with E-state index in [9.17, 15) is 22.4 Å². The molecule has 0 radical (unpaired) electrons. The summed E-state index contributed by atoms with van der Waals surface area (Å²) in [6.45, 7) is 0. The molecule has 1 aliphatic rings. The van der Waals surface area contributed by atoms with E-state index in [4.69, 9.17) is 11.6 Å². The van der Waals surface area contributed by atoms with Gasteiger partial charge in [-0.1, -0.05) is 18.2 Å². The van der Waals surface area contributed by atoms with Crippen molar-refractivity contribution in [2.45, 2.75) is 29.5 Å². The van der Waals surface area contributed by atoms with Crippen LogP contribution in [0.4, 0.5) is 23.2 Å². The van der Waals surface area contributed by atoms with Crippen LogP contribution in [0.25, 0.3) is 11.1 Å². The molecule has 182 valence electrons. The van der Waals surface area contributed by atoms with Gasteiger partial charge in [-0.15, -0.1) is 11.8 Å². The minimum atomic E-state index is -4.67. The molecule has 0 saturated heterocycles. The van der Waals surface area contributed by atoms with Gasteiger partial charge >= 0.3 is 6.18 Å². The van der Waals surface area contributed by atoms with E-state index in [1.807, 2.05) is 18.4 Å². The fourth-order valence-electron chi connectivity index (χ4n) is 3.89. The van der Waals surface area contributed by atoms with E-state index in [2.05, 4.69) is 15.4 Å². The first-order valence-electron chi connectivity index (χ1n) is 10.5. The Morgan fingerprint density at radius 3 is 2.43 bits per heavy atom. The van der Waals surface area contributed by atoms with Crippen molar-refractivity contribution in [3.05, 3.63) is 77.2 Å². The van der Waals surface area contributed by atoms with Gasteiger partial charge in [-0.3, -0.25) is 4.79 Å². The quantitative estimate of drug-likeness (QED) is 0.111. The molecule has 1 fully saturated rings. The van der Waals surface area contributed by atoms with Gasteiger partial charge in [0.1, 0.15) is 5.82 Å². The number of alkyl halides is 3. The SMILES string of the molecule is CSc1ccc(-c2ccc(NC(=O)C3(c4ccc(C(F)(F)F)cc4F)CC3)cc2/C(N)=N/N)cn1. The molecule has 4 rings (SSSR count). The number of benzene rings is 2. The van der Waals surface area contributed by atoms with Crippen molar-refractivity contribution in [3.8, 4) is 11.1 Å². The summed E-state index contributed by atoms with van der Waals surface area (Å²) < 4.78 is 53.3. The molecular formula is C24H21F4N5OS. The van der Waals surface area contributed by atoms with Crippen LogP contribution < -0.4 is 16.9 Å². The van der Waals surface area contributed by atoms with Crippen molar-refractivity contribution in [1.29, 1.82) is 0 Å². The summed E-state index contributed by atoms with van der Waals surface area (Å²) in [7, 11) is 0. The number of halogens is 4. The molecule has 11 heteroatoms. The number of nitrogens with one attached hydrogen (secondary N) is 1. The molecule has 35 heavy (non-hydrogen) atoms. The maximum atomic E-state index is 14.6. The topological polar surface area (TPSA) is 106 Å². The third kappa shape index (κ3) is 4.81. The molecule has 0 bridgehead atoms. The predicted octanol–water partition coefficient (Wildman–Crippen LogP) is 4.88. The summed E-state index contributed by atoms with van der Waals surface area (Å²) in [5.74, 6) is 3.84. The Balaban J connectivity index is 1.63. The largest absolute Gasteiger partial charge is 0.416 e. The Hall–Kier alpha value is -3.60. The number of nitrogens with two attached hydrogens (primary N) is 2. The molecule has 3 aromatic rings. The normalized spacial score (nSPS) is 15.1. The third-order valence-corrected chi connectivity index (χ3v) is 6.61. The lowest BCUT2D eigenvalue weighted by Gasteiger charge is -2.19. The minimum absolute atomic E-state index is 0.0277. The highest BCUT2D eigenvalue weighted by Gasteiger charge is 2.53. The molecular weight excluding hydrogens is 482 g/mol. The van der Waals surface area contributed by atoms with Crippen LogP contribution >= 0.6 is 11.8 Å². The molecule has 1 saturated carbocycles. The maximum absolute atomic E-state index is 14.6. The smallest absolute Gasteiger partial charge is 0.382 e. The zero-order chi connectivity index (χ0) is 25.4. The Bertz CT molecular complexity index is 1300. The first kappa shape index (κ1) is 24.5. The molecule has 1 aromatic heterocycles. The van der Waals surface area contributed by atoms with Crippen molar-refractivity contribution in [1.82, 2.24) is 4.98 Å². The number of amidine groups is 1. The number of hydrazone groups is 1. The van der Waals surface area contributed by atoms with E-state index < -0.39 is 28.9 Å². The lowest BCUT2D eigenvalue weighted by Crippen LogP contribution is -2.29. The van der Waals surface area contributed by atoms with E-state index in [-0.39, 0.29) is 11.4 Å². The van der Waals surface area contributed by atoms with E-state index in [0.29, 0.717) is 35.7 Å². The Kier molecular flexibility index (Phi) is 6.46.